The van der Waals surface area contributed by atoms with Gasteiger partial charge in [-0.2, -0.15) is 0 Å². The summed E-state index contributed by atoms with van der Waals surface area (Å²) in [4.78, 5) is 18.2. The molecule has 5 nitrogen and oxygen atoms in total. The summed E-state index contributed by atoms with van der Waals surface area (Å²) >= 11 is 0. The first-order chi connectivity index (χ1) is 12.0. The number of amides is 1. The van der Waals surface area contributed by atoms with E-state index in [9.17, 15) is 9.18 Å². The Morgan fingerprint density at radius 3 is 2.52 bits per heavy atom. The van der Waals surface area contributed by atoms with Gasteiger partial charge in [0.05, 0.1) is 18.8 Å². The van der Waals surface area contributed by atoms with Crippen LogP contribution in [0.3, 0.4) is 0 Å². The van der Waals surface area contributed by atoms with E-state index in [4.69, 9.17) is 4.42 Å². The summed E-state index contributed by atoms with van der Waals surface area (Å²) in [5.41, 5.74) is 0.638. The van der Waals surface area contributed by atoms with Crippen molar-refractivity contribution in [2.75, 3.05) is 44.7 Å². The number of hydrogen-bond donors (Lipinski definition) is 0. The van der Waals surface area contributed by atoms with Gasteiger partial charge in [0.2, 0.25) is 5.91 Å². The number of furan rings is 1. The van der Waals surface area contributed by atoms with Crippen molar-refractivity contribution in [1.29, 1.82) is 0 Å². The van der Waals surface area contributed by atoms with Gasteiger partial charge in [0.25, 0.3) is 0 Å². The van der Waals surface area contributed by atoms with Gasteiger partial charge in [0.15, 0.2) is 0 Å². The van der Waals surface area contributed by atoms with Crippen molar-refractivity contribution in [1.82, 2.24) is 9.80 Å². The Balaban J connectivity index is 1.48. The monoisotopic (exact) mass is 345 g/mol. The fraction of sp³-hybridized carbons (Fsp3) is 0.421. The third-order valence-corrected chi connectivity index (χ3v) is 4.54. The number of aryl methyl sites for hydroxylation is 1. The van der Waals surface area contributed by atoms with E-state index in [0.29, 0.717) is 18.8 Å². The molecule has 0 bridgehead atoms. The zero-order valence-electron chi connectivity index (χ0n) is 14.7. The number of hydrogen-bond acceptors (Lipinski definition) is 4. The SMILES string of the molecule is Cc1ccc(CN(C)C(=O)CN2CCN(c3ccccc3F)CC2)o1. The van der Waals surface area contributed by atoms with Crippen LogP contribution in [0.1, 0.15) is 11.5 Å². The Morgan fingerprint density at radius 1 is 1.16 bits per heavy atom. The van der Waals surface area contributed by atoms with Crippen LogP contribution < -0.4 is 4.90 Å². The largest absolute Gasteiger partial charge is 0.464 e. The second kappa shape index (κ2) is 7.70. The highest BCUT2D eigenvalue weighted by Gasteiger charge is 2.22. The third kappa shape index (κ3) is 4.39. The maximum absolute atomic E-state index is 13.9. The van der Waals surface area contributed by atoms with E-state index in [1.54, 1.807) is 24.1 Å². The highest BCUT2D eigenvalue weighted by Crippen LogP contribution is 2.20. The average molecular weight is 345 g/mol. The number of para-hydroxylation sites is 1. The molecule has 0 spiro atoms. The molecule has 1 aliphatic rings. The lowest BCUT2D eigenvalue weighted by Gasteiger charge is -2.36. The first-order valence-electron chi connectivity index (χ1n) is 8.54. The molecule has 0 aliphatic carbocycles. The van der Waals surface area contributed by atoms with Crippen LogP contribution in [0, 0.1) is 12.7 Å². The van der Waals surface area contributed by atoms with Crippen molar-refractivity contribution in [3.05, 3.63) is 53.7 Å². The molecule has 1 amide bonds. The number of rotatable bonds is 5. The highest BCUT2D eigenvalue weighted by atomic mass is 19.1. The van der Waals surface area contributed by atoms with Gasteiger partial charge >= 0.3 is 0 Å². The molecule has 2 aromatic rings. The van der Waals surface area contributed by atoms with Crippen molar-refractivity contribution in [2.45, 2.75) is 13.5 Å². The van der Waals surface area contributed by atoms with Crippen LogP contribution in [0.25, 0.3) is 0 Å². The summed E-state index contributed by atoms with van der Waals surface area (Å²) in [5.74, 6) is 1.51. The molecule has 1 aliphatic heterocycles. The van der Waals surface area contributed by atoms with Gasteiger partial charge in [-0.25, -0.2) is 4.39 Å². The van der Waals surface area contributed by atoms with E-state index in [1.165, 1.54) is 6.07 Å². The molecule has 0 N–H and O–H groups in total. The number of nitrogens with zero attached hydrogens (tertiary/aromatic N) is 3. The van der Waals surface area contributed by atoms with Crippen LogP contribution in [0.15, 0.2) is 40.8 Å². The van der Waals surface area contributed by atoms with Crippen LogP contribution in [0.5, 0.6) is 0 Å². The number of carbonyl (C=O) groups is 1. The number of anilines is 1. The first kappa shape index (κ1) is 17.5. The summed E-state index contributed by atoms with van der Waals surface area (Å²) in [5, 5.41) is 0. The van der Waals surface area contributed by atoms with E-state index < -0.39 is 0 Å². The lowest BCUT2D eigenvalue weighted by molar-refractivity contribution is -0.132. The summed E-state index contributed by atoms with van der Waals surface area (Å²) < 4.78 is 19.4. The van der Waals surface area contributed by atoms with E-state index in [1.807, 2.05) is 30.0 Å². The second-order valence-electron chi connectivity index (χ2n) is 6.48. The van der Waals surface area contributed by atoms with Crippen LogP contribution >= 0.6 is 0 Å². The molecule has 3 rings (SSSR count). The summed E-state index contributed by atoms with van der Waals surface area (Å²) in [6.45, 7) is 5.66. The molecular formula is C19H24FN3O2. The fourth-order valence-corrected chi connectivity index (χ4v) is 3.06. The molecule has 1 aromatic heterocycles. The van der Waals surface area contributed by atoms with Gasteiger partial charge < -0.3 is 14.2 Å². The number of benzene rings is 1. The van der Waals surface area contributed by atoms with Crippen LogP contribution in [0.4, 0.5) is 10.1 Å². The van der Waals surface area contributed by atoms with Gasteiger partial charge in [-0.05, 0) is 31.2 Å². The van der Waals surface area contributed by atoms with Crippen LogP contribution in [0.2, 0.25) is 0 Å². The molecular weight excluding hydrogens is 321 g/mol. The van der Waals surface area contributed by atoms with E-state index >= 15 is 0 Å². The predicted octanol–water partition coefficient (Wildman–Crippen LogP) is 2.51. The molecule has 2 heterocycles. The van der Waals surface area contributed by atoms with E-state index in [-0.39, 0.29) is 11.7 Å². The van der Waals surface area contributed by atoms with Gasteiger partial charge in [-0.1, -0.05) is 12.1 Å². The molecule has 1 fully saturated rings. The Morgan fingerprint density at radius 2 is 1.88 bits per heavy atom. The van der Waals surface area contributed by atoms with Crippen molar-refractivity contribution in [2.24, 2.45) is 0 Å². The highest BCUT2D eigenvalue weighted by molar-refractivity contribution is 5.78. The molecule has 25 heavy (non-hydrogen) atoms. The molecule has 0 radical (unpaired) electrons. The van der Waals surface area contributed by atoms with Crippen molar-refractivity contribution >= 4 is 11.6 Å². The fourth-order valence-electron chi connectivity index (χ4n) is 3.06. The number of carbonyl (C=O) groups excluding carboxylic acids is 1. The first-order valence-corrected chi connectivity index (χ1v) is 8.54. The van der Waals surface area contributed by atoms with Gasteiger partial charge in [0, 0.05) is 33.2 Å². The van der Waals surface area contributed by atoms with Crippen molar-refractivity contribution in [3.8, 4) is 0 Å². The Labute approximate surface area is 147 Å². The Kier molecular flexibility index (Phi) is 5.38. The number of likely N-dealkylation sites (N-methyl/N-ethyl adjacent to an activating group) is 1. The maximum Gasteiger partial charge on any atom is 0.236 e. The number of piperazine rings is 1. The van der Waals surface area contributed by atoms with Gasteiger partial charge in [-0.3, -0.25) is 9.69 Å². The van der Waals surface area contributed by atoms with Crippen molar-refractivity contribution in [3.63, 3.8) is 0 Å². The quantitative estimate of drug-likeness (QED) is 0.835. The normalized spacial score (nSPS) is 15.4. The molecule has 1 saturated heterocycles. The van der Waals surface area contributed by atoms with E-state index in [0.717, 1.165) is 37.7 Å². The topological polar surface area (TPSA) is 39.9 Å². The summed E-state index contributed by atoms with van der Waals surface area (Å²) in [6, 6.07) is 10.6. The molecule has 0 saturated carbocycles. The second-order valence-corrected chi connectivity index (χ2v) is 6.48. The molecule has 0 atom stereocenters. The van der Waals surface area contributed by atoms with Crippen molar-refractivity contribution < 1.29 is 13.6 Å². The lowest BCUT2D eigenvalue weighted by atomic mass is 10.2. The van der Waals surface area contributed by atoms with Gasteiger partial charge in [0.1, 0.15) is 17.3 Å². The van der Waals surface area contributed by atoms with Gasteiger partial charge in [-0.15, -0.1) is 0 Å². The Hall–Kier alpha value is -2.34. The molecule has 134 valence electrons. The molecule has 1 aromatic carbocycles. The zero-order chi connectivity index (χ0) is 17.8. The minimum atomic E-state index is -0.194. The minimum Gasteiger partial charge on any atom is -0.464 e. The average Bonchev–Trinajstić information content (AvgIpc) is 3.01. The smallest absolute Gasteiger partial charge is 0.236 e. The maximum atomic E-state index is 13.9. The predicted molar refractivity (Wildman–Crippen MR) is 95.0 cm³/mol. The number of halogens is 1. The van der Waals surface area contributed by atoms with E-state index in [2.05, 4.69) is 4.90 Å². The lowest BCUT2D eigenvalue weighted by Crippen LogP contribution is -2.49. The summed E-state index contributed by atoms with van der Waals surface area (Å²) in [7, 11) is 1.79. The minimum absolute atomic E-state index is 0.0633. The van der Waals surface area contributed by atoms with Crippen LogP contribution in [-0.2, 0) is 11.3 Å². The zero-order valence-corrected chi connectivity index (χ0v) is 14.7. The third-order valence-electron chi connectivity index (χ3n) is 4.54. The summed E-state index contributed by atoms with van der Waals surface area (Å²) in [6.07, 6.45) is 0. The molecule has 6 heteroatoms. The van der Waals surface area contributed by atoms with Crippen LogP contribution in [-0.4, -0.2) is 55.5 Å². The molecule has 0 unspecified atom stereocenters. The standard InChI is InChI=1S/C19H24FN3O2/c1-15-7-8-16(25-15)13-21(2)19(24)14-22-9-11-23(12-10-22)18-6-4-3-5-17(18)20/h3-8H,9-14H2,1-2H3. The Bertz CT molecular complexity index is 723.